The van der Waals surface area contributed by atoms with E-state index in [2.05, 4.69) is 38.3 Å². The minimum absolute atomic E-state index is 0.165. The highest BCUT2D eigenvalue weighted by atomic mass is 16.1. The maximum absolute atomic E-state index is 11.4. The molecule has 0 unspecified atom stereocenters. The summed E-state index contributed by atoms with van der Waals surface area (Å²) in [6.45, 7) is 10.2. The number of nitrogens with one attached hydrogen (secondary N) is 2. The molecule has 0 bridgehead atoms. The Hall–Kier alpha value is -0.570. The van der Waals surface area contributed by atoms with Crippen LogP contribution in [0.3, 0.4) is 0 Å². The van der Waals surface area contributed by atoms with E-state index in [1.54, 1.807) is 0 Å². The Balaban J connectivity index is 3.24. The highest BCUT2D eigenvalue weighted by Gasteiger charge is 2.01. The highest BCUT2D eigenvalue weighted by Crippen LogP contribution is 2.04. The van der Waals surface area contributed by atoms with Gasteiger partial charge in [0.15, 0.2) is 0 Å². The van der Waals surface area contributed by atoms with E-state index in [0.29, 0.717) is 12.5 Å². The molecule has 0 aliphatic heterocycles. The summed E-state index contributed by atoms with van der Waals surface area (Å²) in [4.78, 5) is 11.4. The number of unbranched alkanes of at least 4 members (excludes halogenated alkanes) is 1. The van der Waals surface area contributed by atoms with Gasteiger partial charge in [0.2, 0.25) is 5.91 Å². The van der Waals surface area contributed by atoms with Gasteiger partial charge in [-0.15, -0.1) is 0 Å². The van der Waals surface area contributed by atoms with Gasteiger partial charge >= 0.3 is 0 Å². The van der Waals surface area contributed by atoms with Gasteiger partial charge in [0.05, 0.1) is 0 Å². The maximum Gasteiger partial charge on any atom is 0.221 e. The molecule has 16 heavy (non-hydrogen) atoms. The van der Waals surface area contributed by atoms with Crippen LogP contribution in [-0.2, 0) is 4.79 Å². The zero-order valence-corrected chi connectivity index (χ0v) is 11.3. The number of amides is 1. The quantitative estimate of drug-likeness (QED) is 0.595. The number of hydrogen-bond acceptors (Lipinski definition) is 2. The third kappa shape index (κ3) is 11.5. The summed E-state index contributed by atoms with van der Waals surface area (Å²) in [5.74, 6) is 0.934. The minimum Gasteiger partial charge on any atom is -0.356 e. The van der Waals surface area contributed by atoms with Crippen molar-refractivity contribution in [3.63, 3.8) is 0 Å². The Bertz CT molecular complexity index is 179. The molecule has 0 rings (SSSR count). The molecule has 1 amide bonds. The van der Waals surface area contributed by atoms with E-state index in [9.17, 15) is 4.79 Å². The third-order valence-electron chi connectivity index (χ3n) is 2.44. The van der Waals surface area contributed by atoms with E-state index < -0.39 is 0 Å². The Kier molecular flexibility index (Phi) is 9.30. The molecular weight excluding hydrogens is 200 g/mol. The van der Waals surface area contributed by atoms with Crippen LogP contribution in [0.15, 0.2) is 0 Å². The van der Waals surface area contributed by atoms with Crippen LogP contribution in [0, 0.1) is 5.92 Å². The normalized spacial score (nSPS) is 11.1. The topological polar surface area (TPSA) is 41.1 Å². The first-order chi connectivity index (χ1) is 7.52. The Morgan fingerprint density at radius 2 is 1.75 bits per heavy atom. The molecule has 0 aromatic heterocycles. The van der Waals surface area contributed by atoms with Crippen molar-refractivity contribution < 1.29 is 4.79 Å². The lowest BCUT2D eigenvalue weighted by Crippen LogP contribution is -2.31. The Morgan fingerprint density at radius 1 is 1.06 bits per heavy atom. The Labute approximate surface area is 100 Å². The van der Waals surface area contributed by atoms with E-state index >= 15 is 0 Å². The van der Waals surface area contributed by atoms with Gasteiger partial charge in [-0.3, -0.25) is 4.79 Å². The van der Waals surface area contributed by atoms with Gasteiger partial charge < -0.3 is 10.6 Å². The zero-order valence-electron chi connectivity index (χ0n) is 11.3. The summed E-state index contributed by atoms with van der Waals surface area (Å²) in [7, 11) is 0. The molecule has 0 atom stereocenters. The second-order valence-electron chi connectivity index (χ2n) is 5.10. The average Bonchev–Trinajstić information content (AvgIpc) is 2.16. The van der Waals surface area contributed by atoms with Crippen molar-refractivity contribution in [3.8, 4) is 0 Å². The Morgan fingerprint density at radius 3 is 2.31 bits per heavy atom. The molecule has 0 aromatic carbocycles. The molecule has 3 nitrogen and oxygen atoms in total. The monoisotopic (exact) mass is 228 g/mol. The van der Waals surface area contributed by atoms with Gasteiger partial charge in [-0.1, -0.05) is 40.5 Å². The van der Waals surface area contributed by atoms with Crippen molar-refractivity contribution in [1.29, 1.82) is 0 Å². The van der Waals surface area contributed by atoms with Crippen LogP contribution >= 0.6 is 0 Å². The van der Waals surface area contributed by atoms with Crippen LogP contribution in [0.25, 0.3) is 0 Å². The summed E-state index contributed by atoms with van der Waals surface area (Å²) < 4.78 is 0. The molecule has 0 aliphatic carbocycles. The van der Waals surface area contributed by atoms with E-state index in [4.69, 9.17) is 0 Å². The number of hydrogen-bond donors (Lipinski definition) is 2. The predicted molar refractivity (Wildman–Crippen MR) is 69.5 cm³/mol. The fourth-order valence-corrected chi connectivity index (χ4v) is 1.47. The standard InChI is InChI=1S/C13H28N2O/c1-11(2)7-5-6-9-15-13(16)8-10-14-12(3)4/h11-12,14H,5-10H2,1-4H3,(H,15,16). The van der Waals surface area contributed by atoms with Crippen molar-refractivity contribution in [1.82, 2.24) is 10.6 Å². The second kappa shape index (κ2) is 9.64. The van der Waals surface area contributed by atoms with Crippen molar-refractivity contribution in [2.45, 2.75) is 59.4 Å². The molecule has 0 saturated carbocycles. The maximum atomic E-state index is 11.4. The molecular formula is C13H28N2O. The lowest BCUT2D eigenvalue weighted by atomic mass is 10.1. The molecule has 0 heterocycles. The van der Waals surface area contributed by atoms with Gasteiger partial charge in [0.25, 0.3) is 0 Å². The number of rotatable bonds is 9. The lowest BCUT2D eigenvalue weighted by Gasteiger charge is -2.09. The molecule has 0 saturated heterocycles. The fraction of sp³-hybridized carbons (Fsp3) is 0.923. The minimum atomic E-state index is 0.165. The van der Waals surface area contributed by atoms with E-state index in [-0.39, 0.29) is 5.91 Å². The number of carbonyl (C=O) groups is 1. The SMILES string of the molecule is CC(C)CCCCNC(=O)CCNC(C)C. The van der Waals surface area contributed by atoms with Crippen LogP contribution in [0.1, 0.15) is 53.4 Å². The van der Waals surface area contributed by atoms with Gasteiger partial charge in [-0.2, -0.15) is 0 Å². The van der Waals surface area contributed by atoms with Gasteiger partial charge in [-0.25, -0.2) is 0 Å². The summed E-state index contributed by atoms with van der Waals surface area (Å²) in [5.41, 5.74) is 0. The molecule has 96 valence electrons. The summed E-state index contributed by atoms with van der Waals surface area (Å²) in [6, 6.07) is 0.457. The first kappa shape index (κ1) is 15.4. The van der Waals surface area contributed by atoms with Crippen LogP contribution in [0.5, 0.6) is 0 Å². The van der Waals surface area contributed by atoms with E-state index in [1.165, 1.54) is 12.8 Å². The summed E-state index contributed by atoms with van der Waals surface area (Å²) in [5, 5.41) is 6.18. The molecule has 0 spiro atoms. The van der Waals surface area contributed by atoms with Crippen LogP contribution in [0.4, 0.5) is 0 Å². The average molecular weight is 228 g/mol. The molecule has 3 heteroatoms. The summed E-state index contributed by atoms with van der Waals surface area (Å²) in [6.07, 6.45) is 4.15. The molecule has 2 N–H and O–H groups in total. The third-order valence-corrected chi connectivity index (χ3v) is 2.44. The second-order valence-corrected chi connectivity index (χ2v) is 5.10. The van der Waals surface area contributed by atoms with Gasteiger partial charge in [0, 0.05) is 25.6 Å². The molecule has 0 fully saturated rings. The first-order valence-electron chi connectivity index (χ1n) is 6.52. The summed E-state index contributed by atoms with van der Waals surface area (Å²) >= 11 is 0. The van der Waals surface area contributed by atoms with Gasteiger partial charge in [-0.05, 0) is 12.3 Å². The van der Waals surface area contributed by atoms with Crippen molar-refractivity contribution in [2.75, 3.05) is 13.1 Å². The first-order valence-corrected chi connectivity index (χ1v) is 6.52. The zero-order chi connectivity index (χ0) is 12.4. The van der Waals surface area contributed by atoms with Crippen molar-refractivity contribution >= 4 is 5.91 Å². The van der Waals surface area contributed by atoms with Crippen molar-refractivity contribution in [3.05, 3.63) is 0 Å². The fourth-order valence-electron chi connectivity index (χ4n) is 1.47. The van der Waals surface area contributed by atoms with Crippen LogP contribution in [0.2, 0.25) is 0 Å². The number of carbonyl (C=O) groups excluding carboxylic acids is 1. The van der Waals surface area contributed by atoms with Crippen LogP contribution < -0.4 is 10.6 Å². The van der Waals surface area contributed by atoms with Gasteiger partial charge in [0.1, 0.15) is 0 Å². The highest BCUT2D eigenvalue weighted by molar-refractivity contribution is 5.75. The lowest BCUT2D eigenvalue weighted by molar-refractivity contribution is -0.121. The molecule has 0 aromatic rings. The predicted octanol–water partition coefficient (Wildman–Crippen LogP) is 2.32. The molecule has 0 aliphatic rings. The van der Waals surface area contributed by atoms with Crippen molar-refractivity contribution in [2.24, 2.45) is 5.92 Å². The molecule has 0 radical (unpaired) electrons. The van der Waals surface area contributed by atoms with E-state index in [1.807, 2.05) is 0 Å². The largest absolute Gasteiger partial charge is 0.356 e. The smallest absolute Gasteiger partial charge is 0.221 e. The van der Waals surface area contributed by atoms with Crippen LogP contribution in [-0.4, -0.2) is 25.0 Å². The van der Waals surface area contributed by atoms with E-state index in [0.717, 1.165) is 25.4 Å².